The normalized spacial score (nSPS) is 17.3. The Morgan fingerprint density at radius 2 is 2.26 bits per heavy atom. The number of anilines is 1. The maximum Gasteiger partial charge on any atom is 0.227 e. The Balaban J connectivity index is 1.90. The average molecular weight is 258 g/mol. The molecule has 0 spiro atoms. The molecule has 2 rings (SSSR count). The van der Waals surface area contributed by atoms with E-state index >= 15 is 0 Å². The Morgan fingerprint density at radius 3 is 3.05 bits per heavy atom. The molecule has 100 valence electrons. The maximum atomic E-state index is 11.9. The Kier molecular flexibility index (Phi) is 4.34. The molecule has 1 atom stereocenters. The van der Waals surface area contributed by atoms with E-state index in [1.807, 2.05) is 24.3 Å². The van der Waals surface area contributed by atoms with Crippen LogP contribution in [0, 0.1) is 5.92 Å². The van der Waals surface area contributed by atoms with Crippen molar-refractivity contribution in [1.82, 2.24) is 5.32 Å². The van der Waals surface area contributed by atoms with E-state index in [4.69, 9.17) is 0 Å². The van der Waals surface area contributed by atoms with Crippen LogP contribution in [0.5, 0.6) is 0 Å². The van der Waals surface area contributed by atoms with Crippen molar-refractivity contribution in [3.05, 3.63) is 42.5 Å². The van der Waals surface area contributed by atoms with E-state index in [9.17, 15) is 9.59 Å². The molecule has 1 unspecified atom stereocenters. The predicted molar refractivity (Wildman–Crippen MR) is 74.7 cm³/mol. The first kappa shape index (κ1) is 13.3. The van der Waals surface area contributed by atoms with Gasteiger partial charge in [-0.25, -0.2) is 0 Å². The molecule has 0 bridgehead atoms. The number of carbonyl (C=O) groups is 2. The molecule has 0 aliphatic carbocycles. The number of rotatable bonds is 5. The Hall–Kier alpha value is -2.10. The molecule has 0 aromatic heterocycles. The summed E-state index contributed by atoms with van der Waals surface area (Å²) in [5.41, 5.74) is 2.03. The molecule has 4 heteroatoms. The van der Waals surface area contributed by atoms with Gasteiger partial charge in [0.05, 0.1) is 0 Å². The predicted octanol–water partition coefficient (Wildman–Crippen LogP) is 1.88. The molecule has 0 fully saturated rings. The van der Waals surface area contributed by atoms with Gasteiger partial charge in [-0.2, -0.15) is 0 Å². The van der Waals surface area contributed by atoms with Gasteiger partial charge in [-0.15, -0.1) is 6.58 Å². The van der Waals surface area contributed by atoms with Gasteiger partial charge in [0.1, 0.15) is 0 Å². The Bertz CT molecular complexity index is 497. The van der Waals surface area contributed by atoms with Crippen LogP contribution in [0.15, 0.2) is 36.9 Å². The van der Waals surface area contributed by atoms with Gasteiger partial charge in [0.25, 0.3) is 0 Å². The molecule has 4 nitrogen and oxygen atoms in total. The molecule has 1 aromatic carbocycles. The molecule has 2 amide bonds. The molecule has 19 heavy (non-hydrogen) atoms. The zero-order chi connectivity index (χ0) is 13.7. The lowest BCUT2D eigenvalue weighted by Gasteiger charge is -2.24. The van der Waals surface area contributed by atoms with Crippen LogP contribution in [-0.4, -0.2) is 18.4 Å². The van der Waals surface area contributed by atoms with Crippen molar-refractivity contribution in [2.75, 3.05) is 11.9 Å². The quantitative estimate of drug-likeness (QED) is 0.792. The molecule has 0 saturated heterocycles. The number of carbonyl (C=O) groups excluding carboxylic acids is 2. The fourth-order valence-electron chi connectivity index (χ4n) is 2.23. The summed E-state index contributed by atoms with van der Waals surface area (Å²) in [6, 6.07) is 7.78. The van der Waals surface area contributed by atoms with Crippen LogP contribution >= 0.6 is 0 Å². The van der Waals surface area contributed by atoms with E-state index in [2.05, 4.69) is 17.2 Å². The van der Waals surface area contributed by atoms with Crippen LogP contribution in [0.25, 0.3) is 0 Å². The first-order chi connectivity index (χ1) is 9.20. The highest BCUT2D eigenvalue weighted by molar-refractivity contribution is 5.96. The lowest BCUT2D eigenvalue weighted by Crippen LogP contribution is -2.31. The fourth-order valence-corrected chi connectivity index (χ4v) is 2.23. The molecule has 1 aliphatic rings. The molecule has 1 aliphatic heterocycles. The highest BCUT2D eigenvalue weighted by Crippen LogP contribution is 2.27. The summed E-state index contributed by atoms with van der Waals surface area (Å²) in [5, 5.41) is 5.61. The van der Waals surface area contributed by atoms with Crippen LogP contribution < -0.4 is 10.6 Å². The van der Waals surface area contributed by atoms with E-state index in [0.717, 1.165) is 11.3 Å². The zero-order valence-corrected chi connectivity index (χ0v) is 10.8. The maximum absolute atomic E-state index is 11.9. The van der Waals surface area contributed by atoms with Crippen molar-refractivity contribution in [1.29, 1.82) is 0 Å². The Morgan fingerprint density at radius 1 is 1.47 bits per heavy atom. The fraction of sp³-hybridized carbons (Fsp3) is 0.333. The van der Waals surface area contributed by atoms with Gasteiger partial charge in [-0.05, 0) is 24.5 Å². The molecule has 0 saturated carbocycles. The molecule has 1 heterocycles. The van der Waals surface area contributed by atoms with Crippen LogP contribution in [0.1, 0.15) is 18.4 Å². The van der Waals surface area contributed by atoms with E-state index < -0.39 is 0 Å². The summed E-state index contributed by atoms with van der Waals surface area (Å²) in [6.07, 6.45) is 3.29. The van der Waals surface area contributed by atoms with Gasteiger partial charge < -0.3 is 10.6 Å². The van der Waals surface area contributed by atoms with Crippen molar-refractivity contribution < 1.29 is 9.59 Å². The zero-order valence-electron chi connectivity index (χ0n) is 10.8. The van der Waals surface area contributed by atoms with Gasteiger partial charge in [0, 0.05) is 24.6 Å². The van der Waals surface area contributed by atoms with Gasteiger partial charge >= 0.3 is 0 Å². The number of nitrogens with one attached hydrogen (secondary N) is 2. The van der Waals surface area contributed by atoms with Crippen molar-refractivity contribution in [2.45, 2.75) is 19.3 Å². The van der Waals surface area contributed by atoms with Gasteiger partial charge in [-0.1, -0.05) is 24.3 Å². The average Bonchev–Trinajstić information content (AvgIpc) is 2.42. The summed E-state index contributed by atoms with van der Waals surface area (Å²) in [6.45, 7) is 4.01. The number of hydrogen-bond acceptors (Lipinski definition) is 2. The third-order valence-electron chi connectivity index (χ3n) is 3.28. The minimum Gasteiger partial charge on any atom is -0.353 e. The molecule has 2 N–H and O–H groups in total. The van der Waals surface area contributed by atoms with E-state index in [0.29, 0.717) is 25.8 Å². The standard InChI is InChI=1S/C15H18N2O2/c1-2-9-16-14(18)8-7-12-10-11-5-3-4-6-13(11)17-15(12)19/h2-6,12H,1,7-10H2,(H,16,18)(H,17,19). The lowest BCUT2D eigenvalue weighted by atomic mass is 9.89. The number of hydrogen-bond donors (Lipinski definition) is 2. The summed E-state index contributed by atoms with van der Waals surface area (Å²) in [4.78, 5) is 23.4. The SMILES string of the molecule is C=CCNC(=O)CCC1Cc2ccccc2NC1=O. The smallest absolute Gasteiger partial charge is 0.227 e. The molecule has 0 radical (unpaired) electrons. The minimum absolute atomic E-state index is 0.00946. The van der Waals surface area contributed by atoms with Gasteiger partial charge in [-0.3, -0.25) is 9.59 Å². The minimum atomic E-state index is -0.121. The highest BCUT2D eigenvalue weighted by Gasteiger charge is 2.25. The second-order valence-electron chi connectivity index (χ2n) is 4.68. The number of benzene rings is 1. The second kappa shape index (κ2) is 6.18. The van der Waals surface area contributed by atoms with Crippen molar-refractivity contribution in [2.24, 2.45) is 5.92 Å². The first-order valence-electron chi connectivity index (χ1n) is 6.47. The number of amides is 2. The summed E-state index contributed by atoms with van der Waals surface area (Å²) >= 11 is 0. The second-order valence-corrected chi connectivity index (χ2v) is 4.68. The first-order valence-corrected chi connectivity index (χ1v) is 6.47. The summed E-state index contributed by atoms with van der Waals surface area (Å²) < 4.78 is 0. The number of fused-ring (bicyclic) bond motifs is 1. The van der Waals surface area contributed by atoms with Crippen LogP contribution in [0.3, 0.4) is 0 Å². The topological polar surface area (TPSA) is 58.2 Å². The number of para-hydroxylation sites is 1. The third-order valence-corrected chi connectivity index (χ3v) is 3.28. The Labute approximate surface area is 112 Å². The molecular formula is C15H18N2O2. The summed E-state index contributed by atoms with van der Waals surface area (Å²) in [5.74, 6) is -0.147. The van der Waals surface area contributed by atoms with Crippen molar-refractivity contribution >= 4 is 17.5 Å². The summed E-state index contributed by atoms with van der Waals surface area (Å²) in [7, 11) is 0. The van der Waals surface area contributed by atoms with Gasteiger partial charge in [0.2, 0.25) is 11.8 Å². The van der Waals surface area contributed by atoms with E-state index in [1.165, 1.54) is 0 Å². The van der Waals surface area contributed by atoms with Crippen LogP contribution in [0.2, 0.25) is 0 Å². The van der Waals surface area contributed by atoms with Crippen LogP contribution in [0.4, 0.5) is 5.69 Å². The van der Waals surface area contributed by atoms with Crippen molar-refractivity contribution in [3.63, 3.8) is 0 Å². The van der Waals surface area contributed by atoms with Crippen molar-refractivity contribution in [3.8, 4) is 0 Å². The highest BCUT2D eigenvalue weighted by atomic mass is 16.2. The monoisotopic (exact) mass is 258 g/mol. The third kappa shape index (κ3) is 3.44. The molecular weight excluding hydrogens is 240 g/mol. The van der Waals surface area contributed by atoms with E-state index in [-0.39, 0.29) is 17.7 Å². The van der Waals surface area contributed by atoms with Gasteiger partial charge in [0.15, 0.2) is 0 Å². The van der Waals surface area contributed by atoms with Crippen LogP contribution in [-0.2, 0) is 16.0 Å². The molecule has 1 aromatic rings. The largest absolute Gasteiger partial charge is 0.353 e. The lowest BCUT2D eigenvalue weighted by molar-refractivity contribution is -0.122. The van der Waals surface area contributed by atoms with E-state index in [1.54, 1.807) is 6.08 Å².